The van der Waals surface area contributed by atoms with Gasteiger partial charge in [-0.05, 0) is 50.7 Å². The third-order valence-electron chi connectivity index (χ3n) is 3.52. The molecule has 0 aromatic carbocycles. The average Bonchev–Trinajstić information content (AvgIpc) is 2.70. The Morgan fingerprint density at radius 2 is 2.38 bits per heavy atom. The van der Waals surface area contributed by atoms with Crippen molar-refractivity contribution in [2.75, 3.05) is 0 Å². The SMILES string of the molecule is C=C(C)[C@H]1CCC(C)=C[C@@H]1Cc1ccco1. The van der Waals surface area contributed by atoms with Gasteiger partial charge in [0, 0.05) is 6.42 Å². The summed E-state index contributed by atoms with van der Waals surface area (Å²) in [5.41, 5.74) is 2.81. The zero-order valence-electron chi connectivity index (χ0n) is 10.2. The van der Waals surface area contributed by atoms with E-state index in [1.807, 2.05) is 6.07 Å². The Kier molecular flexibility index (Phi) is 3.33. The number of hydrogen-bond acceptors (Lipinski definition) is 1. The molecule has 16 heavy (non-hydrogen) atoms. The summed E-state index contributed by atoms with van der Waals surface area (Å²) >= 11 is 0. The Labute approximate surface area is 97.9 Å². The van der Waals surface area contributed by atoms with E-state index < -0.39 is 0 Å². The van der Waals surface area contributed by atoms with Crippen LogP contribution in [0.4, 0.5) is 0 Å². The minimum absolute atomic E-state index is 0.567. The largest absolute Gasteiger partial charge is 0.469 e. The maximum atomic E-state index is 5.44. The smallest absolute Gasteiger partial charge is 0.104 e. The molecule has 1 nitrogen and oxygen atoms in total. The number of hydrogen-bond donors (Lipinski definition) is 0. The summed E-state index contributed by atoms with van der Waals surface area (Å²) in [6, 6.07) is 4.03. The van der Waals surface area contributed by atoms with Crippen molar-refractivity contribution in [1.29, 1.82) is 0 Å². The van der Waals surface area contributed by atoms with E-state index in [4.69, 9.17) is 4.42 Å². The molecule has 1 aromatic rings. The molecule has 0 spiro atoms. The van der Waals surface area contributed by atoms with E-state index in [-0.39, 0.29) is 0 Å². The molecule has 1 aliphatic carbocycles. The monoisotopic (exact) mass is 216 g/mol. The third-order valence-corrected chi connectivity index (χ3v) is 3.52. The predicted molar refractivity (Wildman–Crippen MR) is 67.2 cm³/mol. The molecule has 1 heterocycles. The molecule has 0 fully saturated rings. The molecule has 1 aliphatic rings. The zero-order valence-corrected chi connectivity index (χ0v) is 10.2. The van der Waals surface area contributed by atoms with Crippen molar-refractivity contribution in [3.63, 3.8) is 0 Å². The van der Waals surface area contributed by atoms with Gasteiger partial charge in [0.05, 0.1) is 6.26 Å². The van der Waals surface area contributed by atoms with Gasteiger partial charge in [0.1, 0.15) is 5.76 Å². The third kappa shape index (κ3) is 2.46. The van der Waals surface area contributed by atoms with E-state index in [1.165, 1.54) is 24.0 Å². The molecule has 0 saturated carbocycles. The molecular formula is C15H20O. The standard InChI is InChI=1S/C15H20O/c1-11(2)15-7-6-12(3)9-13(15)10-14-5-4-8-16-14/h4-5,8-9,13,15H,1,6-7,10H2,2-3H3/t13-,15-/m1/s1. The van der Waals surface area contributed by atoms with E-state index in [0.717, 1.165) is 12.2 Å². The minimum Gasteiger partial charge on any atom is -0.469 e. The fraction of sp³-hybridized carbons (Fsp3) is 0.467. The Morgan fingerprint density at radius 1 is 1.56 bits per heavy atom. The Balaban J connectivity index is 2.14. The van der Waals surface area contributed by atoms with Crippen molar-refractivity contribution < 1.29 is 4.42 Å². The second-order valence-corrected chi connectivity index (χ2v) is 4.95. The van der Waals surface area contributed by atoms with Crippen molar-refractivity contribution in [3.05, 3.63) is 48.0 Å². The molecule has 0 radical (unpaired) electrons. The first kappa shape index (κ1) is 11.3. The van der Waals surface area contributed by atoms with Crippen molar-refractivity contribution >= 4 is 0 Å². The first-order chi connectivity index (χ1) is 7.66. The summed E-state index contributed by atoms with van der Waals surface area (Å²) < 4.78 is 5.44. The summed E-state index contributed by atoms with van der Waals surface area (Å²) in [5, 5.41) is 0. The summed E-state index contributed by atoms with van der Waals surface area (Å²) in [5.74, 6) is 2.27. The van der Waals surface area contributed by atoms with Gasteiger partial charge in [-0.1, -0.05) is 23.8 Å². The van der Waals surface area contributed by atoms with Crippen LogP contribution in [-0.4, -0.2) is 0 Å². The lowest BCUT2D eigenvalue weighted by molar-refractivity contribution is 0.370. The van der Waals surface area contributed by atoms with Crippen LogP contribution < -0.4 is 0 Å². The van der Waals surface area contributed by atoms with Gasteiger partial charge >= 0.3 is 0 Å². The van der Waals surface area contributed by atoms with E-state index in [2.05, 4.69) is 32.6 Å². The van der Waals surface area contributed by atoms with Crippen LogP contribution in [-0.2, 0) is 6.42 Å². The lowest BCUT2D eigenvalue weighted by Gasteiger charge is -2.29. The molecule has 0 saturated heterocycles. The highest BCUT2D eigenvalue weighted by molar-refractivity contribution is 5.16. The topological polar surface area (TPSA) is 13.1 Å². The molecule has 1 aromatic heterocycles. The van der Waals surface area contributed by atoms with Crippen molar-refractivity contribution in [2.45, 2.75) is 33.1 Å². The van der Waals surface area contributed by atoms with Crippen LogP contribution in [0.15, 0.2) is 46.6 Å². The van der Waals surface area contributed by atoms with Gasteiger partial charge in [0.2, 0.25) is 0 Å². The second-order valence-electron chi connectivity index (χ2n) is 4.95. The van der Waals surface area contributed by atoms with Crippen molar-refractivity contribution in [2.24, 2.45) is 11.8 Å². The molecule has 0 N–H and O–H groups in total. The van der Waals surface area contributed by atoms with Crippen LogP contribution in [0.5, 0.6) is 0 Å². The number of rotatable bonds is 3. The highest BCUT2D eigenvalue weighted by Crippen LogP contribution is 2.35. The minimum atomic E-state index is 0.567. The van der Waals surface area contributed by atoms with E-state index in [0.29, 0.717) is 11.8 Å². The normalized spacial score (nSPS) is 25.2. The molecule has 0 bridgehead atoms. The Morgan fingerprint density at radius 3 is 3.00 bits per heavy atom. The van der Waals surface area contributed by atoms with Crippen molar-refractivity contribution in [3.8, 4) is 0 Å². The van der Waals surface area contributed by atoms with Crippen molar-refractivity contribution in [1.82, 2.24) is 0 Å². The predicted octanol–water partition coefficient (Wildman–Crippen LogP) is 4.37. The highest BCUT2D eigenvalue weighted by atomic mass is 16.3. The molecule has 0 aliphatic heterocycles. The summed E-state index contributed by atoms with van der Waals surface area (Å²) in [6.07, 6.45) is 7.62. The molecule has 0 unspecified atom stereocenters. The first-order valence-electron chi connectivity index (χ1n) is 6.02. The lowest BCUT2D eigenvalue weighted by atomic mass is 9.76. The van der Waals surface area contributed by atoms with Gasteiger partial charge in [0.25, 0.3) is 0 Å². The molecule has 2 rings (SSSR count). The van der Waals surface area contributed by atoms with E-state index in [1.54, 1.807) is 6.26 Å². The lowest BCUT2D eigenvalue weighted by Crippen LogP contribution is -2.20. The van der Waals surface area contributed by atoms with E-state index >= 15 is 0 Å². The van der Waals surface area contributed by atoms with Crippen LogP contribution >= 0.6 is 0 Å². The summed E-state index contributed by atoms with van der Waals surface area (Å²) in [7, 11) is 0. The Hall–Kier alpha value is -1.24. The van der Waals surface area contributed by atoms with Gasteiger partial charge in [-0.3, -0.25) is 0 Å². The zero-order chi connectivity index (χ0) is 11.5. The molecule has 1 heteroatoms. The second kappa shape index (κ2) is 4.73. The van der Waals surface area contributed by atoms with Gasteiger partial charge < -0.3 is 4.42 Å². The maximum Gasteiger partial charge on any atom is 0.104 e. The van der Waals surface area contributed by atoms with E-state index in [9.17, 15) is 0 Å². The van der Waals surface area contributed by atoms with Crippen LogP contribution in [0.25, 0.3) is 0 Å². The summed E-state index contributed by atoms with van der Waals surface area (Å²) in [4.78, 5) is 0. The molecule has 86 valence electrons. The number of furan rings is 1. The van der Waals surface area contributed by atoms with Crippen LogP contribution in [0.2, 0.25) is 0 Å². The first-order valence-corrected chi connectivity index (χ1v) is 6.02. The molecular weight excluding hydrogens is 196 g/mol. The highest BCUT2D eigenvalue weighted by Gasteiger charge is 2.24. The molecule has 0 amide bonds. The quantitative estimate of drug-likeness (QED) is 0.684. The average molecular weight is 216 g/mol. The van der Waals surface area contributed by atoms with Crippen LogP contribution in [0.3, 0.4) is 0 Å². The van der Waals surface area contributed by atoms with Crippen LogP contribution in [0, 0.1) is 11.8 Å². The van der Waals surface area contributed by atoms with Gasteiger partial charge in [-0.15, -0.1) is 0 Å². The van der Waals surface area contributed by atoms with Gasteiger partial charge in [0.15, 0.2) is 0 Å². The van der Waals surface area contributed by atoms with Gasteiger partial charge in [-0.25, -0.2) is 0 Å². The fourth-order valence-electron chi connectivity index (χ4n) is 2.64. The summed E-state index contributed by atoms with van der Waals surface area (Å²) in [6.45, 7) is 8.50. The van der Waals surface area contributed by atoms with Gasteiger partial charge in [-0.2, -0.15) is 0 Å². The maximum absolute atomic E-state index is 5.44. The Bertz CT molecular complexity index is 384. The molecule has 2 atom stereocenters. The number of allylic oxidation sites excluding steroid dienone is 3. The van der Waals surface area contributed by atoms with Crippen LogP contribution in [0.1, 0.15) is 32.4 Å². The fourth-order valence-corrected chi connectivity index (χ4v) is 2.64.